The van der Waals surface area contributed by atoms with Gasteiger partial charge in [-0.1, -0.05) is 19.3 Å². The maximum atomic E-state index is 12.9. The van der Waals surface area contributed by atoms with Gasteiger partial charge in [-0.2, -0.15) is 0 Å². The summed E-state index contributed by atoms with van der Waals surface area (Å²) < 4.78 is 12.9. The van der Waals surface area contributed by atoms with Crippen molar-refractivity contribution in [2.24, 2.45) is 5.92 Å². The van der Waals surface area contributed by atoms with Gasteiger partial charge in [0, 0.05) is 29.2 Å². The van der Waals surface area contributed by atoms with Crippen LogP contribution in [0.15, 0.2) is 29.2 Å². The normalized spacial score (nSPS) is 23.5. The number of nitrogens with zero attached hydrogens (tertiary/aromatic N) is 1. The summed E-state index contributed by atoms with van der Waals surface area (Å²) in [7, 11) is 0. The largest absolute Gasteiger partial charge is 0.341 e. The molecule has 1 aromatic carbocycles. The van der Waals surface area contributed by atoms with Crippen LogP contribution in [0, 0.1) is 11.7 Å². The SMILES string of the molecule is O=C(C1CCCCC1)N1CC[C@H](Sc2ccc(F)cc2)C1. The lowest BCUT2D eigenvalue weighted by atomic mass is 9.88. The van der Waals surface area contributed by atoms with E-state index in [2.05, 4.69) is 4.90 Å². The molecule has 3 rings (SSSR count). The molecule has 2 aliphatic rings. The van der Waals surface area contributed by atoms with Gasteiger partial charge in [0.25, 0.3) is 0 Å². The molecule has 1 saturated heterocycles. The lowest BCUT2D eigenvalue weighted by Crippen LogP contribution is -2.35. The first-order chi connectivity index (χ1) is 10.2. The Labute approximate surface area is 130 Å². The number of likely N-dealkylation sites (tertiary alicyclic amines) is 1. The summed E-state index contributed by atoms with van der Waals surface area (Å²) in [5.74, 6) is 0.449. The molecule has 0 spiro atoms. The second kappa shape index (κ2) is 6.82. The summed E-state index contributed by atoms with van der Waals surface area (Å²) in [5, 5.41) is 0.447. The van der Waals surface area contributed by atoms with Crippen molar-refractivity contribution in [2.45, 2.75) is 48.7 Å². The highest BCUT2D eigenvalue weighted by atomic mass is 32.2. The van der Waals surface area contributed by atoms with Crippen LogP contribution in [0.3, 0.4) is 0 Å². The maximum Gasteiger partial charge on any atom is 0.225 e. The fourth-order valence-corrected chi connectivity index (χ4v) is 4.49. The molecule has 2 fully saturated rings. The van der Waals surface area contributed by atoms with E-state index < -0.39 is 0 Å². The van der Waals surface area contributed by atoms with Gasteiger partial charge in [0.15, 0.2) is 0 Å². The van der Waals surface area contributed by atoms with E-state index in [1.54, 1.807) is 11.8 Å². The van der Waals surface area contributed by atoms with E-state index in [4.69, 9.17) is 0 Å². The number of halogens is 1. The van der Waals surface area contributed by atoms with Crippen LogP contribution in [-0.4, -0.2) is 29.1 Å². The molecule has 0 N–H and O–H groups in total. The summed E-state index contributed by atoms with van der Waals surface area (Å²) in [4.78, 5) is 15.7. The summed E-state index contributed by atoms with van der Waals surface area (Å²) in [6.07, 6.45) is 6.89. The molecule has 1 amide bonds. The molecule has 2 nitrogen and oxygen atoms in total. The number of amides is 1. The van der Waals surface area contributed by atoms with Gasteiger partial charge < -0.3 is 4.90 Å². The number of benzene rings is 1. The van der Waals surface area contributed by atoms with Gasteiger partial charge in [0.1, 0.15) is 5.82 Å². The van der Waals surface area contributed by atoms with Crippen molar-refractivity contribution in [3.8, 4) is 0 Å². The Bertz CT molecular complexity index is 484. The van der Waals surface area contributed by atoms with Crippen molar-refractivity contribution in [1.29, 1.82) is 0 Å². The van der Waals surface area contributed by atoms with E-state index in [1.807, 2.05) is 12.1 Å². The second-order valence-electron chi connectivity index (χ2n) is 6.10. The second-order valence-corrected chi connectivity index (χ2v) is 7.48. The zero-order valence-electron chi connectivity index (χ0n) is 12.3. The molecule has 0 aromatic heterocycles. The van der Waals surface area contributed by atoms with Gasteiger partial charge in [0.05, 0.1) is 0 Å². The van der Waals surface area contributed by atoms with Crippen molar-refractivity contribution < 1.29 is 9.18 Å². The van der Waals surface area contributed by atoms with E-state index in [0.29, 0.717) is 11.2 Å². The third-order valence-corrected chi connectivity index (χ3v) is 5.79. The molecule has 0 radical (unpaired) electrons. The molecule has 1 aliphatic carbocycles. The monoisotopic (exact) mass is 307 g/mol. The highest BCUT2D eigenvalue weighted by molar-refractivity contribution is 8.00. The number of hydrogen-bond donors (Lipinski definition) is 0. The number of thioether (sulfide) groups is 1. The van der Waals surface area contributed by atoms with Gasteiger partial charge in [0.2, 0.25) is 5.91 Å². The van der Waals surface area contributed by atoms with Gasteiger partial charge >= 0.3 is 0 Å². The predicted molar refractivity (Wildman–Crippen MR) is 83.8 cm³/mol. The Morgan fingerprint density at radius 1 is 1.10 bits per heavy atom. The quantitative estimate of drug-likeness (QED) is 0.838. The molecule has 114 valence electrons. The number of rotatable bonds is 3. The summed E-state index contributed by atoms with van der Waals surface area (Å²) >= 11 is 1.77. The Hall–Kier alpha value is -1.03. The predicted octanol–water partition coefficient (Wildman–Crippen LogP) is 4.10. The Morgan fingerprint density at radius 2 is 1.81 bits per heavy atom. The fraction of sp³-hybridized carbons (Fsp3) is 0.588. The first-order valence-electron chi connectivity index (χ1n) is 7.93. The van der Waals surface area contributed by atoms with Crippen LogP contribution >= 0.6 is 11.8 Å². The molecular weight excluding hydrogens is 285 g/mol. The molecular formula is C17H22FNOS. The van der Waals surface area contributed by atoms with Gasteiger partial charge in [-0.15, -0.1) is 11.8 Å². The van der Waals surface area contributed by atoms with Crippen LogP contribution in [0.25, 0.3) is 0 Å². The average molecular weight is 307 g/mol. The minimum atomic E-state index is -0.195. The van der Waals surface area contributed by atoms with E-state index in [1.165, 1.54) is 31.4 Å². The highest BCUT2D eigenvalue weighted by Gasteiger charge is 2.31. The number of carbonyl (C=O) groups is 1. The number of hydrogen-bond acceptors (Lipinski definition) is 2. The van der Waals surface area contributed by atoms with Crippen LogP contribution in [0.2, 0.25) is 0 Å². The van der Waals surface area contributed by atoms with Crippen molar-refractivity contribution in [3.05, 3.63) is 30.1 Å². The van der Waals surface area contributed by atoms with Crippen LogP contribution in [-0.2, 0) is 4.79 Å². The van der Waals surface area contributed by atoms with E-state index in [0.717, 1.165) is 37.2 Å². The van der Waals surface area contributed by atoms with Gasteiger partial charge in [-0.05, 0) is 43.5 Å². The average Bonchev–Trinajstić information content (AvgIpc) is 2.98. The summed E-state index contributed by atoms with van der Waals surface area (Å²) in [6.45, 7) is 1.73. The van der Waals surface area contributed by atoms with Crippen LogP contribution in [0.1, 0.15) is 38.5 Å². The lowest BCUT2D eigenvalue weighted by Gasteiger charge is -2.26. The topological polar surface area (TPSA) is 20.3 Å². The van der Waals surface area contributed by atoms with Gasteiger partial charge in [-0.25, -0.2) is 4.39 Å². The molecule has 1 saturated carbocycles. The third kappa shape index (κ3) is 3.79. The highest BCUT2D eigenvalue weighted by Crippen LogP contribution is 2.32. The fourth-order valence-electron chi connectivity index (χ4n) is 3.34. The van der Waals surface area contributed by atoms with Gasteiger partial charge in [-0.3, -0.25) is 4.79 Å². The first-order valence-corrected chi connectivity index (χ1v) is 8.81. The Kier molecular flexibility index (Phi) is 4.84. The summed E-state index contributed by atoms with van der Waals surface area (Å²) in [6, 6.07) is 6.65. The molecule has 0 unspecified atom stereocenters. The maximum absolute atomic E-state index is 12.9. The zero-order chi connectivity index (χ0) is 14.7. The Balaban J connectivity index is 1.52. The molecule has 21 heavy (non-hydrogen) atoms. The van der Waals surface area contributed by atoms with Crippen LogP contribution < -0.4 is 0 Å². The summed E-state index contributed by atoms with van der Waals surface area (Å²) in [5.41, 5.74) is 0. The van der Waals surface area contributed by atoms with E-state index >= 15 is 0 Å². The molecule has 0 bridgehead atoms. The van der Waals surface area contributed by atoms with E-state index in [9.17, 15) is 9.18 Å². The molecule has 1 atom stereocenters. The first kappa shape index (κ1) is 14.9. The molecule has 4 heteroatoms. The molecule has 1 aliphatic heterocycles. The lowest BCUT2D eigenvalue weighted by molar-refractivity contribution is -0.135. The Morgan fingerprint density at radius 3 is 2.52 bits per heavy atom. The molecule has 1 heterocycles. The molecule has 1 aromatic rings. The van der Waals surface area contributed by atoms with E-state index in [-0.39, 0.29) is 11.7 Å². The van der Waals surface area contributed by atoms with Crippen molar-refractivity contribution in [1.82, 2.24) is 4.90 Å². The van der Waals surface area contributed by atoms with Crippen molar-refractivity contribution in [2.75, 3.05) is 13.1 Å². The van der Waals surface area contributed by atoms with Crippen LogP contribution in [0.4, 0.5) is 4.39 Å². The number of carbonyl (C=O) groups excluding carboxylic acids is 1. The standard InChI is InChI=1S/C17H22FNOS/c18-14-6-8-15(9-7-14)21-16-10-11-19(12-16)17(20)13-4-2-1-3-5-13/h6-9,13,16H,1-5,10-12H2/t16-/m0/s1. The zero-order valence-corrected chi connectivity index (χ0v) is 13.1. The van der Waals surface area contributed by atoms with Crippen LogP contribution in [0.5, 0.6) is 0 Å². The van der Waals surface area contributed by atoms with Crippen molar-refractivity contribution in [3.63, 3.8) is 0 Å². The third-order valence-electron chi connectivity index (χ3n) is 4.53. The minimum Gasteiger partial charge on any atom is -0.341 e. The minimum absolute atomic E-state index is 0.195. The smallest absolute Gasteiger partial charge is 0.225 e. The van der Waals surface area contributed by atoms with Crippen molar-refractivity contribution >= 4 is 17.7 Å².